The van der Waals surface area contributed by atoms with Crippen molar-refractivity contribution in [2.24, 2.45) is 0 Å². The monoisotopic (exact) mass is 156 g/mol. The quantitative estimate of drug-likeness (QED) is 0.329. The first-order valence-corrected chi connectivity index (χ1v) is 5.60. The predicted molar refractivity (Wildman–Crippen MR) is 39.6 cm³/mol. The average molecular weight is 157 g/mol. The molecule has 0 saturated heterocycles. The molecule has 0 aliphatic heterocycles. The lowest BCUT2D eigenvalue weighted by Crippen LogP contribution is -1.89. The molecule has 0 unspecified atom stereocenters. The topological polar surface area (TPSA) is 0 Å². The molecule has 0 aliphatic rings. The van der Waals surface area contributed by atoms with E-state index in [0.29, 0.717) is 0 Å². The Bertz CT molecular complexity index is 28.9. The van der Waals surface area contributed by atoms with Gasteiger partial charge in [0.2, 0.25) is 0 Å². The normalized spacial score (nSPS) is 9.43. The zero-order valence-corrected chi connectivity index (χ0v) is 7.22. The van der Waals surface area contributed by atoms with Gasteiger partial charge in [-0.05, 0) is 12.1 Å². The van der Waals surface area contributed by atoms with Gasteiger partial charge >= 0.3 is 0 Å². The van der Waals surface area contributed by atoms with Gasteiger partial charge in [-0.25, -0.2) is 0 Å². The summed E-state index contributed by atoms with van der Waals surface area (Å²) in [5.74, 6) is 1.67. The highest BCUT2D eigenvalue weighted by molar-refractivity contribution is 6.39. The molecule has 0 rings (SSSR count). The number of rotatable bonds is 4. The number of hydrogen-bond donors (Lipinski definition) is 0. The van der Waals surface area contributed by atoms with Gasteiger partial charge < -0.3 is 0 Å². The van der Waals surface area contributed by atoms with Crippen molar-refractivity contribution >= 4 is 32.7 Å². The highest BCUT2D eigenvalue weighted by Gasteiger charge is 1.83. The Hall–Kier alpha value is 0.797. The van der Waals surface area contributed by atoms with Crippen LogP contribution in [0.25, 0.3) is 0 Å². The smallest absolute Gasteiger partial charge is 0.0225 e. The first-order chi connectivity index (χ1) is 3.41. The van der Waals surface area contributed by atoms with E-state index in [-0.39, 0.29) is 9.52 Å². The predicted octanol–water partition coefficient (Wildman–Crippen LogP) is 1.47. The molecule has 0 spiro atoms. The van der Waals surface area contributed by atoms with Gasteiger partial charge in [0.1, 0.15) is 0 Å². The van der Waals surface area contributed by atoms with E-state index in [1.54, 1.807) is 0 Å². The van der Waals surface area contributed by atoms with Crippen LogP contribution in [-0.2, 0) is 0 Å². The van der Waals surface area contributed by atoms with Crippen LogP contribution in [-0.4, -0.2) is 21.3 Å². The summed E-state index contributed by atoms with van der Waals surface area (Å²) >= 11 is 10.9. The summed E-state index contributed by atoms with van der Waals surface area (Å²) in [7, 11) is 0.147. The van der Waals surface area contributed by atoms with Gasteiger partial charge in [-0.3, -0.25) is 0 Å². The summed E-state index contributed by atoms with van der Waals surface area (Å²) in [6, 6.07) is 2.49. The third kappa shape index (κ3) is 6.80. The van der Waals surface area contributed by atoms with Gasteiger partial charge in [-0.1, -0.05) is 0 Å². The Labute approximate surface area is 57.0 Å². The molecule has 0 aromatic rings. The lowest BCUT2D eigenvalue weighted by molar-refractivity contribution is 1.37. The van der Waals surface area contributed by atoms with Crippen molar-refractivity contribution in [2.75, 3.05) is 11.8 Å². The Kier molecular flexibility index (Phi) is 7.57. The van der Waals surface area contributed by atoms with Gasteiger partial charge in [-0.15, -0.1) is 23.2 Å². The van der Waals surface area contributed by atoms with Crippen molar-refractivity contribution in [2.45, 2.75) is 12.1 Å². The molecule has 0 bridgehead atoms. The minimum Gasteiger partial charge on any atom is -0.127 e. The van der Waals surface area contributed by atoms with Gasteiger partial charge in [0, 0.05) is 21.3 Å². The summed E-state index contributed by atoms with van der Waals surface area (Å²) in [5.41, 5.74) is 0. The minimum absolute atomic E-state index is 0.147. The number of hydrogen-bond acceptors (Lipinski definition) is 0. The molecule has 0 N–H and O–H groups in total. The Morgan fingerprint density at radius 1 is 1.00 bits per heavy atom. The molecule has 0 saturated carbocycles. The van der Waals surface area contributed by atoms with Gasteiger partial charge in [-0.2, -0.15) is 0 Å². The molecular weight excluding hydrogens is 147 g/mol. The van der Waals surface area contributed by atoms with Crippen LogP contribution in [0, 0.1) is 0 Å². The van der Waals surface area contributed by atoms with E-state index in [1.807, 2.05) is 0 Å². The van der Waals surface area contributed by atoms with Crippen molar-refractivity contribution in [3.63, 3.8) is 0 Å². The molecule has 3 heteroatoms. The summed E-state index contributed by atoms with van der Waals surface area (Å²) in [6.07, 6.45) is 0. The van der Waals surface area contributed by atoms with Crippen LogP contribution in [0.15, 0.2) is 0 Å². The minimum atomic E-state index is 0.147. The summed E-state index contributed by atoms with van der Waals surface area (Å²) in [5, 5.41) is 0. The van der Waals surface area contributed by atoms with Crippen LogP contribution in [0.4, 0.5) is 0 Å². The van der Waals surface area contributed by atoms with Gasteiger partial charge in [0.05, 0.1) is 0 Å². The molecule has 0 fully saturated rings. The van der Waals surface area contributed by atoms with E-state index >= 15 is 0 Å². The molecule has 0 nitrogen and oxygen atoms in total. The van der Waals surface area contributed by atoms with E-state index in [4.69, 9.17) is 23.2 Å². The van der Waals surface area contributed by atoms with Crippen LogP contribution < -0.4 is 0 Å². The summed E-state index contributed by atoms with van der Waals surface area (Å²) < 4.78 is 0. The first-order valence-electron chi connectivity index (χ1n) is 2.53. The average Bonchev–Trinajstić information content (AvgIpc) is 1.69. The summed E-state index contributed by atoms with van der Waals surface area (Å²) in [4.78, 5) is 0. The third-order valence-corrected chi connectivity index (χ3v) is 3.91. The van der Waals surface area contributed by atoms with E-state index in [0.717, 1.165) is 11.8 Å². The van der Waals surface area contributed by atoms with Crippen molar-refractivity contribution in [1.29, 1.82) is 0 Å². The van der Waals surface area contributed by atoms with Crippen molar-refractivity contribution < 1.29 is 0 Å². The van der Waals surface area contributed by atoms with E-state index in [9.17, 15) is 0 Å². The van der Waals surface area contributed by atoms with Crippen LogP contribution in [0.5, 0.6) is 0 Å². The van der Waals surface area contributed by atoms with Crippen LogP contribution in [0.1, 0.15) is 0 Å². The highest BCUT2D eigenvalue weighted by atomic mass is 35.5. The van der Waals surface area contributed by atoms with E-state index < -0.39 is 0 Å². The molecule has 0 atom stereocenters. The molecule has 7 heavy (non-hydrogen) atoms. The standard InChI is InChI=1S/C4H10Cl2Si/c5-1-3-7-4-2-6/h1-4,7H2. The van der Waals surface area contributed by atoms with Crippen LogP contribution in [0.3, 0.4) is 0 Å². The van der Waals surface area contributed by atoms with Crippen LogP contribution in [0.2, 0.25) is 12.1 Å². The van der Waals surface area contributed by atoms with Gasteiger partial charge in [0.15, 0.2) is 0 Å². The second kappa shape index (κ2) is 6.80. The van der Waals surface area contributed by atoms with Crippen molar-refractivity contribution in [1.82, 2.24) is 0 Å². The second-order valence-corrected chi connectivity index (χ2v) is 4.32. The maximum Gasteiger partial charge on any atom is 0.0225 e. The maximum absolute atomic E-state index is 5.43. The van der Waals surface area contributed by atoms with Gasteiger partial charge in [0.25, 0.3) is 0 Å². The van der Waals surface area contributed by atoms with Crippen LogP contribution >= 0.6 is 23.2 Å². The fourth-order valence-corrected chi connectivity index (χ4v) is 2.23. The molecular formula is C4H10Cl2Si. The molecule has 0 aliphatic carbocycles. The lowest BCUT2D eigenvalue weighted by Gasteiger charge is -1.87. The van der Waals surface area contributed by atoms with E-state index in [1.165, 1.54) is 12.1 Å². The maximum atomic E-state index is 5.43. The number of alkyl halides is 2. The lowest BCUT2D eigenvalue weighted by atomic mass is 10.9. The Morgan fingerprint density at radius 3 is 1.71 bits per heavy atom. The molecule has 0 aromatic heterocycles. The number of halogens is 2. The Morgan fingerprint density at radius 2 is 1.43 bits per heavy atom. The fraction of sp³-hybridized carbons (Fsp3) is 1.00. The first kappa shape index (κ1) is 7.80. The third-order valence-electron chi connectivity index (χ3n) is 0.767. The van der Waals surface area contributed by atoms with Crippen molar-refractivity contribution in [3.05, 3.63) is 0 Å². The summed E-state index contributed by atoms with van der Waals surface area (Å²) in [6.45, 7) is 0. The molecule has 0 radical (unpaired) electrons. The molecule has 44 valence electrons. The van der Waals surface area contributed by atoms with E-state index in [2.05, 4.69) is 0 Å². The van der Waals surface area contributed by atoms with Crippen molar-refractivity contribution in [3.8, 4) is 0 Å². The zero-order chi connectivity index (χ0) is 5.54. The second-order valence-electron chi connectivity index (χ2n) is 1.44. The molecule has 0 amide bonds. The molecule has 0 heterocycles. The zero-order valence-electron chi connectivity index (χ0n) is 4.29. The molecule has 0 aromatic carbocycles. The largest absolute Gasteiger partial charge is 0.127 e. The highest BCUT2D eigenvalue weighted by Crippen LogP contribution is 1.89. The Balaban J connectivity index is 2.45. The fourth-order valence-electron chi connectivity index (χ4n) is 0.366. The SMILES string of the molecule is ClCC[SiH2]CCCl.